The molecule has 0 aliphatic carbocycles. The first-order chi connectivity index (χ1) is 11.7. The molecule has 4 nitrogen and oxygen atoms in total. The number of ether oxygens (including phenoxy) is 1. The summed E-state index contributed by atoms with van der Waals surface area (Å²) in [4.78, 5) is 27.2. The maximum atomic E-state index is 12.7. The van der Waals surface area contributed by atoms with Crippen LogP contribution in [0.1, 0.15) is 29.3 Å². The van der Waals surface area contributed by atoms with Gasteiger partial charge in [0, 0.05) is 16.0 Å². The van der Waals surface area contributed by atoms with Crippen LogP contribution in [0.3, 0.4) is 0 Å². The van der Waals surface area contributed by atoms with Crippen LogP contribution < -0.4 is 0 Å². The molecular formula is C19H19NO3S. The van der Waals surface area contributed by atoms with Crippen LogP contribution in [0.15, 0.2) is 59.5 Å². The normalized spacial score (nSPS) is 17.0. The highest BCUT2D eigenvalue weighted by Gasteiger charge is 2.31. The largest absolute Gasteiger partial charge is 0.447 e. The molecule has 5 heteroatoms. The Hall–Kier alpha value is -2.27. The third kappa shape index (κ3) is 3.46. The van der Waals surface area contributed by atoms with Gasteiger partial charge in [0.25, 0.3) is 0 Å². The number of carbonyl (C=O) groups is 2. The second-order valence-electron chi connectivity index (χ2n) is 5.57. The lowest BCUT2D eigenvalue weighted by molar-refractivity contribution is 0.103. The minimum atomic E-state index is -0.277. The highest BCUT2D eigenvalue weighted by atomic mass is 32.2. The van der Waals surface area contributed by atoms with E-state index in [1.165, 1.54) is 11.8 Å². The number of amides is 1. The molecule has 1 fully saturated rings. The summed E-state index contributed by atoms with van der Waals surface area (Å²) in [7, 11) is 0. The van der Waals surface area contributed by atoms with Gasteiger partial charge in [-0.05, 0) is 18.6 Å². The van der Waals surface area contributed by atoms with E-state index in [2.05, 4.69) is 0 Å². The van der Waals surface area contributed by atoms with Crippen LogP contribution in [-0.2, 0) is 4.74 Å². The van der Waals surface area contributed by atoms with Crippen molar-refractivity contribution < 1.29 is 14.3 Å². The van der Waals surface area contributed by atoms with Gasteiger partial charge >= 0.3 is 6.09 Å². The molecule has 0 bridgehead atoms. The maximum Gasteiger partial charge on any atom is 0.410 e. The Morgan fingerprint density at radius 3 is 2.62 bits per heavy atom. The molecule has 1 heterocycles. The predicted octanol–water partition coefficient (Wildman–Crippen LogP) is 4.20. The van der Waals surface area contributed by atoms with Crippen molar-refractivity contribution in [3.05, 3.63) is 65.7 Å². The number of carbonyl (C=O) groups excluding carboxylic acids is 2. The van der Waals surface area contributed by atoms with Crippen molar-refractivity contribution in [1.82, 2.24) is 4.90 Å². The quantitative estimate of drug-likeness (QED) is 0.584. The zero-order valence-corrected chi connectivity index (χ0v) is 14.3. The fraction of sp³-hybridized carbons (Fsp3) is 0.263. The van der Waals surface area contributed by atoms with E-state index in [1.54, 1.807) is 4.90 Å². The third-order valence-electron chi connectivity index (χ3n) is 4.07. The van der Waals surface area contributed by atoms with Gasteiger partial charge in [0.05, 0.1) is 11.9 Å². The molecule has 0 spiro atoms. The highest BCUT2D eigenvalue weighted by molar-refractivity contribution is 7.99. The van der Waals surface area contributed by atoms with Crippen molar-refractivity contribution in [3.8, 4) is 0 Å². The van der Waals surface area contributed by atoms with Crippen LogP contribution in [0.4, 0.5) is 4.79 Å². The molecule has 2 aromatic rings. The smallest absolute Gasteiger partial charge is 0.410 e. The van der Waals surface area contributed by atoms with E-state index < -0.39 is 0 Å². The van der Waals surface area contributed by atoms with Crippen molar-refractivity contribution in [2.45, 2.75) is 24.3 Å². The molecule has 1 aliphatic heterocycles. The van der Waals surface area contributed by atoms with E-state index in [-0.39, 0.29) is 17.9 Å². The molecule has 24 heavy (non-hydrogen) atoms. The molecule has 0 saturated carbocycles. The molecular weight excluding hydrogens is 322 g/mol. The van der Waals surface area contributed by atoms with Crippen molar-refractivity contribution >= 4 is 23.6 Å². The molecule has 1 aliphatic rings. The van der Waals surface area contributed by atoms with E-state index in [0.29, 0.717) is 23.6 Å². The van der Waals surface area contributed by atoms with E-state index in [0.717, 1.165) is 11.3 Å². The predicted molar refractivity (Wildman–Crippen MR) is 94.3 cm³/mol. The topological polar surface area (TPSA) is 46.6 Å². The Balaban J connectivity index is 1.77. The molecule has 1 amide bonds. The number of ketones is 1. The number of rotatable bonds is 6. The van der Waals surface area contributed by atoms with Gasteiger partial charge in [0.15, 0.2) is 5.78 Å². The first kappa shape index (κ1) is 16.6. The van der Waals surface area contributed by atoms with Crippen molar-refractivity contribution in [2.24, 2.45) is 0 Å². The molecule has 124 valence electrons. The zero-order valence-electron chi connectivity index (χ0n) is 13.5. The van der Waals surface area contributed by atoms with Crippen molar-refractivity contribution in [2.75, 3.05) is 12.5 Å². The Labute approximate surface area is 145 Å². The lowest BCUT2D eigenvalue weighted by Gasteiger charge is -2.20. The summed E-state index contributed by atoms with van der Waals surface area (Å²) < 4.78 is 5.11. The lowest BCUT2D eigenvalue weighted by atomic mass is 10.0. The average molecular weight is 341 g/mol. The van der Waals surface area contributed by atoms with E-state index in [1.807, 2.05) is 61.5 Å². The van der Waals surface area contributed by atoms with Crippen LogP contribution in [0.5, 0.6) is 0 Å². The summed E-state index contributed by atoms with van der Waals surface area (Å²) in [6.45, 7) is 2.48. The lowest BCUT2D eigenvalue weighted by Crippen LogP contribution is -2.32. The number of benzene rings is 2. The fourth-order valence-electron chi connectivity index (χ4n) is 2.65. The second-order valence-corrected chi connectivity index (χ2v) is 6.56. The molecule has 0 N–H and O–H groups in total. The first-order valence-corrected chi connectivity index (χ1v) is 8.94. The SMILES string of the molecule is CCC1COC(=O)N1CSc1ccccc1C(=O)c1ccccc1. The highest BCUT2D eigenvalue weighted by Crippen LogP contribution is 2.28. The number of cyclic esters (lactones) is 1. The molecule has 1 unspecified atom stereocenters. The zero-order chi connectivity index (χ0) is 16.9. The Bertz CT molecular complexity index is 732. The first-order valence-electron chi connectivity index (χ1n) is 7.95. The molecule has 1 saturated heterocycles. The van der Waals surface area contributed by atoms with Gasteiger partial charge in [0.2, 0.25) is 0 Å². The van der Waals surface area contributed by atoms with Gasteiger partial charge in [0.1, 0.15) is 6.61 Å². The van der Waals surface area contributed by atoms with Gasteiger partial charge < -0.3 is 4.74 Å². The minimum absolute atomic E-state index is 0.00487. The summed E-state index contributed by atoms with van der Waals surface area (Å²) in [6, 6.07) is 16.9. The van der Waals surface area contributed by atoms with E-state index in [9.17, 15) is 9.59 Å². The van der Waals surface area contributed by atoms with Crippen LogP contribution in [-0.4, -0.2) is 35.3 Å². The van der Waals surface area contributed by atoms with Crippen LogP contribution in [0.25, 0.3) is 0 Å². The van der Waals surface area contributed by atoms with Gasteiger partial charge in [-0.15, -0.1) is 11.8 Å². The molecule has 1 atom stereocenters. The second kappa shape index (κ2) is 7.53. The molecule has 0 radical (unpaired) electrons. The number of hydrogen-bond donors (Lipinski definition) is 0. The standard InChI is InChI=1S/C19H19NO3S/c1-2-15-12-23-19(22)20(15)13-24-17-11-7-6-10-16(17)18(21)14-8-4-3-5-9-14/h3-11,15H,2,12-13H2,1H3. The number of nitrogens with zero attached hydrogens (tertiary/aromatic N) is 1. The summed E-state index contributed by atoms with van der Waals surface area (Å²) in [5.41, 5.74) is 1.33. The van der Waals surface area contributed by atoms with Gasteiger partial charge in [-0.3, -0.25) is 9.69 Å². The van der Waals surface area contributed by atoms with Crippen LogP contribution in [0.2, 0.25) is 0 Å². The summed E-state index contributed by atoms with van der Waals surface area (Å²) in [5.74, 6) is 0.478. The monoisotopic (exact) mass is 341 g/mol. The van der Waals surface area contributed by atoms with Crippen LogP contribution >= 0.6 is 11.8 Å². The van der Waals surface area contributed by atoms with Crippen LogP contribution in [0, 0.1) is 0 Å². The molecule has 0 aromatic heterocycles. The summed E-state index contributed by atoms with van der Waals surface area (Å²) in [5, 5.41) is 0. The van der Waals surface area contributed by atoms with Gasteiger partial charge in [-0.25, -0.2) is 4.79 Å². The molecule has 2 aromatic carbocycles. The number of thioether (sulfide) groups is 1. The Morgan fingerprint density at radius 1 is 1.17 bits per heavy atom. The Morgan fingerprint density at radius 2 is 1.88 bits per heavy atom. The average Bonchev–Trinajstić information content (AvgIpc) is 3.00. The minimum Gasteiger partial charge on any atom is -0.447 e. The van der Waals surface area contributed by atoms with E-state index >= 15 is 0 Å². The summed E-state index contributed by atoms with van der Waals surface area (Å²) in [6.07, 6.45) is 0.581. The summed E-state index contributed by atoms with van der Waals surface area (Å²) >= 11 is 1.49. The number of hydrogen-bond acceptors (Lipinski definition) is 4. The van der Waals surface area contributed by atoms with Gasteiger partial charge in [-0.2, -0.15) is 0 Å². The molecule has 3 rings (SSSR count). The van der Waals surface area contributed by atoms with Crippen molar-refractivity contribution in [3.63, 3.8) is 0 Å². The maximum absolute atomic E-state index is 12.7. The third-order valence-corrected chi connectivity index (χ3v) is 5.15. The fourth-order valence-corrected chi connectivity index (χ4v) is 3.74. The van der Waals surface area contributed by atoms with E-state index in [4.69, 9.17) is 4.74 Å². The van der Waals surface area contributed by atoms with Crippen molar-refractivity contribution in [1.29, 1.82) is 0 Å². The van der Waals surface area contributed by atoms with Gasteiger partial charge in [-0.1, -0.05) is 49.4 Å². The Kier molecular flexibility index (Phi) is 5.20.